The molecule has 2 aliphatic rings. The van der Waals surface area contributed by atoms with Crippen LogP contribution in [0.4, 0.5) is 0 Å². The molecule has 3 N–H and O–H groups in total. The lowest BCUT2D eigenvalue weighted by molar-refractivity contribution is -0.124. The van der Waals surface area contributed by atoms with Crippen molar-refractivity contribution in [3.05, 3.63) is 0 Å². The number of amides is 2. The lowest BCUT2D eigenvalue weighted by Crippen LogP contribution is -2.45. The smallest absolute Gasteiger partial charge is 0.223 e. The summed E-state index contributed by atoms with van der Waals surface area (Å²) in [6.45, 7) is 0.565. The summed E-state index contributed by atoms with van der Waals surface area (Å²) in [6.07, 6.45) is 6.44. The molecule has 2 fully saturated rings. The minimum absolute atomic E-state index is 0.0216. The first-order valence-electron chi connectivity index (χ1n) is 7.42. The van der Waals surface area contributed by atoms with Gasteiger partial charge in [0, 0.05) is 18.9 Å². The lowest BCUT2D eigenvalue weighted by atomic mass is 9.92. The summed E-state index contributed by atoms with van der Waals surface area (Å²) in [5.41, 5.74) is 0. The number of hydrogen-bond acceptors (Lipinski definition) is 3. The maximum Gasteiger partial charge on any atom is 0.223 e. The molecule has 19 heavy (non-hydrogen) atoms. The van der Waals surface area contributed by atoms with E-state index < -0.39 is 6.10 Å². The molecule has 2 saturated carbocycles. The summed E-state index contributed by atoms with van der Waals surface area (Å²) in [4.78, 5) is 23.1. The van der Waals surface area contributed by atoms with Gasteiger partial charge in [0.15, 0.2) is 0 Å². The first-order chi connectivity index (χ1) is 9.16. The van der Waals surface area contributed by atoms with Crippen LogP contribution < -0.4 is 10.6 Å². The fourth-order valence-corrected chi connectivity index (χ4v) is 2.51. The summed E-state index contributed by atoms with van der Waals surface area (Å²) >= 11 is 0. The third-order valence-electron chi connectivity index (χ3n) is 3.90. The van der Waals surface area contributed by atoms with Crippen molar-refractivity contribution in [3.63, 3.8) is 0 Å². The van der Waals surface area contributed by atoms with Crippen LogP contribution in [0, 0.1) is 5.92 Å². The van der Waals surface area contributed by atoms with Gasteiger partial charge in [0.1, 0.15) is 0 Å². The standard InChI is InChI=1S/C14H24N2O3/c17-12-5-2-1-4-11(12)16-13(18)6-3-9-15-14(19)10-7-8-10/h10-12,17H,1-9H2,(H,15,19)(H,16,18). The molecule has 0 radical (unpaired) electrons. The van der Waals surface area contributed by atoms with Crippen LogP contribution in [0.2, 0.25) is 0 Å². The fourth-order valence-electron chi connectivity index (χ4n) is 2.51. The van der Waals surface area contributed by atoms with E-state index in [1.165, 1.54) is 0 Å². The van der Waals surface area contributed by atoms with E-state index in [2.05, 4.69) is 10.6 Å². The molecule has 0 aliphatic heterocycles. The molecule has 2 unspecified atom stereocenters. The van der Waals surface area contributed by atoms with Crippen LogP contribution in [0.3, 0.4) is 0 Å². The number of carbonyl (C=O) groups excluding carboxylic acids is 2. The van der Waals surface area contributed by atoms with E-state index in [1.807, 2.05) is 0 Å². The molecule has 2 rings (SSSR count). The van der Waals surface area contributed by atoms with Gasteiger partial charge < -0.3 is 15.7 Å². The van der Waals surface area contributed by atoms with Gasteiger partial charge in [-0.15, -0.1) is 0 Å². The van der Waals surface area contributed by atoms with Crippen molar-refractivity contribution in [2.24, 2.45) is 5.92 Å². The third kappa shape index (κ3) is 4.82. The van der Waals surface area contributed by atoms with Crippen LogP contribution in [0.15, 0.2) is 0 Å². The number of aliphatic hydroxyl groups excluding tert-OH is 1. The number of nitrogens with one attached hydrogen (secondary N) is 2. The molecule has 2 amide bonds. The van der Waals surface area contributed by atoms with Crippen molar-refractivity contribution >= 4 is 11.8 Å². The second-order valence-electron chi connectivity index (χ2n) is 5.69. The Morgan fingerprint density at radius 1 is 1.11 bits per heavy atom. The largest absolute Gasteiger partial charge is 0.391 e. The highest BCUT2D eigenvalue weighted by atomic mass is 16.3. The van der Waals surface area contributed by atoms with Crippen molar-refractivity contribution in [3.8, 4) is 0 Å². The van der Waals surface area contributed by atoms with Crippen LogP contribution in [-0.4, -0.2) is 35.6 Å². The van der Waals surface area contributed by atoms with Crippen molar-refractivity contribution in [2.75, 3.05) is 6.54 Å². The van der Waals surface area contributed by atoms with Gasteiger partial charge in [0.25, 0.3) is 0 Å². The van der Waals surface area contributed by atoms with Crippen LogP contribution in [0.5, 0.6) is 0 Å². The second kappa shape index (κ2) is 6.89. The first kappa shape index (κ1) is 14.3. The van der Waals surface area contributed by atoms with Gasteiger partial charge in [0.2, 0.25) is 11.8 Å². The van der Waals surface area contributed by atoms with Crippen LogP contribution >= 0.6 is 0 Å². The quantitative estimate of drug-likeness (QED) is 0.621. The monoisotopic (exact) mass is 268 g/mol. The Labute approximate surface area is 114 Å². The Hall–Kier alpha value is -1.10. The SMILES string of the molecule is O=C(CCCNC(=O)C1CC1)NC1CCCCC1O. The van der Waals surface area contributed by atoms with Crippen molar-refractivity contribution < 1.29 is 14.7 Å². The van der Waals surface area contributed by atoms with Crippen LogP contribution in [0.25, 0.3) is 0 Å². The predicted octanol–water partition coefficient (Wildman–Crippen LogP) is 0.712. The molecule has 0 spiro atoms. The van der Waals surface area contributed by atoms with Crippen molar-refractivity contribution in [1.82, 2.24) is 10.6 Å². The topological polar surface area (TPSA) is 78.4 Å². The van der Waals surface area contributed by atoms with Gasteiger partial charge in [-0.3, -0.25) is 9.59 Å². The lowest BCUT2D eigenvalue weighted by Gasteiger charge is -2.28. The molecule has 0 aromatic rings. The molecule has 5 nitrogen and oxygen atoms in total. The first-order valence-corrected chi connectivity index (χ1v) is 7.42. The normalized spacial score (nSPS) is 26.8. The average molecular weight is 268 g/mol. The van der Waals surface area contributed by atoms with Crippen LogP contribution in [-0.2, 0) is 9.59 Å². The zero-order valence-electron chi connectivity index (χ0n) is 11.4. The Kier molecular flexibility index (Phi) is 5.19. The average Bonchev–Trinajstić information content (AvgIpc) is 3.21. The molecular formula is C14H24N2O3. The molecule has 0 aromatic heterocycles. The highest BCUT2D eigenvalue weighted by Gasteiger charge is 2.29. The van der Waals surface area contributed by atoms with E-state index in [4.69, 9.17) is 0 Å². The highest BCUT2D eigenvalue weighted by Crippen LogP contribution is 2.28. The van der Waals surface area contributed by atoms with Crippen molar-refractivity contribution in [2.45, 2.75) is 63.5 Å². The van der Waals surface area contributed by atoms with E-state index in [1.54, 1.807) is 0 Å². The van der Waals surface area contributed by atoms with Gasteiger partial charge >= 0.3 is 0 Å². The van der Waals surface area contributed by atoms with Gasteiger partial charge in [0.05, 0.1) is 12.1 Å². The Balaban J connectivity index is 1.54. The van der Waals surface area contributed by atoms with E-state index in [-0.39, 0.29) is 23.8 Å². The summed E-state index contributed by atoms with van der Waals surface area (Å²) in [6, 6.07) is -0.0812. The number of rotatable bonds is 6. The van der Waals surface area contributed by atoms with Gasteiger partial charge in [-0.05, 0) is 32.1 Å². The number of carbonyl (C=O) groups is 2. The van der Waals surface area contributed by atoms with Gasteiger partial charge in [-0.1, -0.05) is 12.8 Å². The molecule has 108 valence electrons. The number of hydrogen-bond donors (Lipinski definition) is 3. The molecule has 5 heteroatoms. The summed E-state index contributed by atoms with van der Waals surface area (Å²) in [7, 11) is 0. The zero-order chi connectivity index (χ0) is 13.7. The van der Waals surface area contributed by atoms with Crippen molar-refractivity contribution in [1.29, 1.82) is 0 Å². The molecule has 0 bridgehead atoms. The van der Waals surface area contributed by atoms with Crippen LogP contribution in [0.1, 0.15) is 51.4 Å². The fraction of sp³-hybridized carbons (Fsp3) is 0.857. The molecule has 0 aromatic carbocycles. The second-order valence-corrected chi connectivity index (χ2v) is 5.69. The molecular weight excluding hydrogens is 244 g/mol. The summed E-state index contributed by atoms with van der Waals surface area (Å²) in [5, 5.41) is 15.5. The van der Waals surface area contributed by atoms with E-state index in [0.29, 0.717) is 19.4 Å². The van der Waals surface area contributed by atoms with Gasteiger partial charge in [-0.25, -0.2) is 0 Å². The molecule has 2 atom stereocenters. The summed E-state index contributed by atoms with van der Waals surface area (Å²) < 4.78 is 0. The van der Waals surface area contributed by atoms with E-state index in [9.17, 15) is 14.7 Å². The number of aliphatic hydroxyl groups is 1. The third-order valence-corrected chi connectivity index (χ3v) is 3.90. The Bertz CT molecular complexity index is 329. The highest BCUT2D eigenvalue weighted by molar-refractivity contribution is 5.81. The van der Waals surface area contributed by atoms with Gasteiger partial charge in [-0.2, -0.15) is 0 Å². The Morgan fingerprint density at radius 2 is 1.84 bits per heavy atom. The summed E-state index contributed by atoms with van der Waals surface area (Å²) in [5.74, 6) is 0.334. The Morgan fingerprint density at radius 3 is 2.53 bits per heavy atom. The molecule has 0 saturated heterocycles. The zero-order valence-corrected chi connectivity index (χ0v) is 11.4. The molecule has 2 aliphatic carbocycles. The van der Waals surface area contributed by atoms with E-state index >= 15 is 0 Å². The maximum absolute atomic E-state index is 11.7. The minimum atomic E-state index is -0.396. The predicted molar refractivity (Wildman–Crippen MR) is 71.4 cm³/mol. The minimum Gasteiger partial charge on any atom is -0.391 e. The van der Waals surface area contributed by atoms with E-state index in [0.717, 1.165) is 38.5 Å². The maximum atomic E-state index is 11.7. The molecule has 0 heterocycles.